The Bertz CT molecular complexity index is 1190. The lowest BCUT2D eigenvalue weighted by Crippen LogP contribution is -2.06. The molecule has 2 aromatic heterocycles. The maximum absolute atomic E-state index is 9.55. The Morgan fingerprint density at radius 2 is 1.96 bits per heavy atom. The van der Waals surface area contributed by atoms with Gasteiger partial charge in [0.05, 0.1) is 16.6 Å². The molecule has 26 heavy (non-hydrogen) atoms. The zero-order valence-electron chi connectivity index (χ0n) is 13.9. The number of hydrogen-bond acceptors (Lipinski definition) is 3. The van der Waals surface area contributed by atoms with Crippen LogP contribution >= 0.6 is 23.2 Å². The number of hydrogen-bond donors (Lipinski definition) is 1. The monoisotopic (exact) mass is 380 g/mol. The minimum Gasteiger partial charge on any atom is -0.367 e. The van der Waals surface area contributed by atoms with Gasteiger partial charge in [-0.1, -0.05) is 41.4 Å². The van der Waals surface area contributed by atoms with Crippen LogP contribution in [0.2, 0.25) is 10.0 Å². The minimum absolute atomic E-state index is 0.531. The topological polar surface area (TPSA) is 53.1 Å². The highest BCUT2D eigenvalue weighted by Crippen LogP contribution is 2.28. The highest BCUT2D eigenvalue weighted by Gasteiger charge is 2.15. The first-order chi connectivity index (χ1) is 12.6. The Morgan fingerprint density at radius 3 is 2.73 bits per heavy atom. The van der Waals surface area contributed by atoms with E-state index in [2.05, 4.69) is 16.4 Å². The van der Waals surface area contributed by atoms with Crippen molar-refractivity contribution in [2.45, 2.75) is 13.5 Å². The van der Waals surface area contributed by atoms with E-state index in [1.165, 1.54) is 0 Å². The number of pyridine rings is 1. The predicted molar refractivity (Wildman–Crippen MR) is 106 cm³/mol. The van der Waals surface area contributed by atoms with Crippen molar-refractivity contribution < 1.29 is 0 Å². The van der Waals surface area contributed by atoms with Crippen molar-refractivity contribution in [3.8, 4) is 6.07 Å². The Hall–Kier alpha value is -2.74. The van der Waals surface area contributed by atoms with Gasteiger partial charge in [-0.25, -0.2) is 4.98 Å². The normalized spacial score (nSPS) is 11.0. The molecule has 4 aromatic rings. The number of nitriles is 1. The van der Waals surface area contributed by atoms with E-state index in [0.29, 0.717) is 27.8 Å². The summed E-state index contributed by atoms with van der Waals surface area (Å²) in [5.41, 5.74) is 4.84. The van der Waals surface area contributed by atoms with E-state index in [-0.39, 0.29) is 0 Å². The van der Waals surface area contributed by atoms with Crippen LogP contribution in [0.5, 0.6) is 0 Å². The Kier molecular flexibility index (Phi) is 4.20. The lowest BCUT2D eigenvalue weighted by atomic mass is 10.1. The molecule has 0 amide bonds. The molecule has 0 bridgehead atoms. The van der Waals surface area contributed by atoms with Crippen molar-refractivity contribution in [3.63, 3.8) is 0 Å². The number of nitrogens with zero attached hydrogens (tertiary/aromatic N) is 3. The van der Waals surface area contributed by atoms with E-state index in [1.807, 2.05) is 53.8 Å². The number of fused-ring (bicyclic) bond motifs is 3. The van der Waals surface area contributed by atoms with Gasteiger partial charge in [0, 0.05) is 16.6 Å². The molecule has 0 atom stereocenters. The van der Waals surface area contributed by atoms with Crippen molar-refractivity contribution in [1.29, 1.82) is 5.26 Å². The summed E-state index contributed by atoms with van der Waals surface area (Å²) >= 11 is 12.2. The highest BCUT2D eigenvalue weighted by atomic mass is 35.5. The highest BCUT2D eigenvalue weighted by molar-refractivity contribution is 6.35. The summed E-state index contributed by atoms with van der Waals surface area (Å²) in [6.45, 7) is 2.45. The molecule has 4 nitrogen and oxygen atoms in total. The van der Waals surface area contributed by atoms with Crippen molar-refractivity contribution in [1.82, 2.24) is 9.38 Å². The van der Waals surface area contributed by atoms with Gasteiger partial charge in [0.2, 0.25) is 0 Å². The number of para-hydroxylation sites is 2. The molecular formula is C20H14Cl2N4. The molecule has 4 rings (SSSR count). The zero-order chi connectivity index (χ0) is 18.3. The van der Waals surface area contributed by atoms with Crippen LogP contribution in [0.25, 0.3) is 16.7 Å². The summed E-state index contributed by atoms with van der Waals surface area (Å²) in [4.78, 5) is 4.65. The van der Waals surface area contributed by atoms with Crippen LogP contribution < -0.4 is 5.32 Å². The first-order valence-electron chi connectivity index (χ1n) is 8.07. The summed E-state index contributed by atoms with van der Waals surface area (Å²) in [6.07, 6.45) is 0. The molecule has 0 radical (unpaired) electrons. The Labute approximate surface area is 160 Å². The summed E-state index contributed by atoms with van der Waals surface area (Å²) < 4.78 is 1.98. The van der Waals surface area contributed by atoms with E-state index >= 15 is 0 Å². The number of benzene rings is 2. The first kappa shape index (κ1) is 16.7. The van der Waals surface area contributed by atoms with Crippen molar-refractivity contribution in [2.24, 2.45) is 0 Å². The molecule has 0 unspecified atom stereocenters. The second-order valence-electron chi connectivity index (χ2n) is 6.05. The number of aromatic nitrogens is 2. The van der Waals surface area contributed by atoms with Gasteiger partial charge in [0.15, 0.2) is 5.65 Å². The lowest BCUT2D eigenvalue weighted by molar-refractivity contribution is 1.08. The molecule has 2 heterocycles. The van der Waals surface area contributed by atoms with Crippen LogP contribution in [0.1, 0.15) is 16.7 Å². The number of anilines is 1. The third-order valence-electron chi connectivity index (χ3n) is 4.36. The smallest absolute Gasteiger partial charge is 0.157 e. The van der Waals surface area contributed by atoms with Crippen LogP contribution in [-0.2, 0) is 6.54 Å². The van der Waals surface area contributed by atoms with Gasteiger partial charge in [-0.05, 0) is 48.4 Å². The van der Waals surface area contributed by atoms with Crippen LogP contribution in [0, 0.1) is 18.3 Å². The summed E-state index contributed by atoms with van der Waals surface area (Å²) in [7, 11) is 0. The van der Waals surface area contributed by atoms with Gasteiger partial charge < -0.3 is 5.32 Å². The van der Waals surface area contributed by atoms with Gasteiger partial charge >= 0.3 is 0 Å². The largest absolute Gasteiger partial charge is 0.367 e. The van der Waals surface area contributed by atoms with Gasteiger partial charge in [0.25, 0.3) is 0 Å². The molecule has 0 saturated heterocycles. The third kappa shape index (κ3) is 2.76. The number of aryl methyl sites for hydroxylation is 1. The molecule has 0 fully saturated rings. The summed E-state index contributed by atoms with van der Waals surface area (Å²) in [6, 6.07) is 17.5. The molecule has 0 spiro atoms. The van der Waals surface area contributed by atoms with Crippen LogP contribution in [0.4, 0.5) is 5.82 Å². The third-order valence-corrected chi connectivity index (χ3v) is 4.95. The first-order valence-corrected chi connectivity index (χ1v) is 8.83. The second kappa shape index (κ2) is 6.53. The van der Waals surface area contributed by atoms with Crippen LogP contribution in [-0.4, -0.2) is 9.38 Å². The molecule has 6 heteroatoms. The molecule has 2 aromatic carbocycles. The van der Waals surface area contributed by atoms with Gasteiger partial charge in [-0.15, -0.1) is 0 Å². The Morgan fingerprint density at radius 1 is 1.15 bits per heavy atom. The summed E-state index contributed by atoms with van der Waals surface area (Å²) in [5, 5.41) is 14.2. The number of halogens is 2. The van der Waals surface area contributed by atoms with Crippen LogP contribution in [0.3, 0.4) is 0 Å². The van der Waals surface area contributed by atoms with E-state index < -0.39 is 0 Å². The van der Waals surface area contributed by atoms with Gasteiger partial charge in [-0.3, -0.25) is 4.40 Å². The van der Waals surface area contributed by atoms with Crippen molar-refractivity contribution in [2.75, 3.05) is 5.32 Å². The molecule has 0 aliphatic carbocycles. The molecule has 1 N–H and O–H groups in total. The number of rotatable bonds is 3. The lowest BCUT2D eigenvalue weighted by Gasteiger charge is -2.13. The average Bonchev–Trinajstić information content (AvgIpc) is 3.00. The minimum atomic E-state index is 0.531. The quantitative estimate of drug-likeness (QED) is 0.504. The zero-order valence-corrected chi connectivity index (χ0v) is 15.4. The molecule has 0 saturated carbocycles. The fourth-order valence-corrected chi connectivity index (χ4v) is 3.55. The van der Waals surface area contributed by atoms with Crippen molar-refractivity contribution >= 4 is 45.7 Å². The average molecular weight is 381 g/mol. The number of imidazole rings is 1. The number of nitrogens with one attached hydrogen (secondary N) is 1. The van der Waals surface area contributed by atoms with Gasteiger partial charge in [0.1, 0.15) is 11.9 Å². The molecular weight excluding hydrogens is 367 g/mol. The standard InChI is InChI=1S/C20H14Cl2N4/c1-12-8-19(24-11-13-6-7-14(21)9-16(13)22)26-18-5-3-2-4-17(18)25-20(26)15(12)10-23/h2-9,24H,11H2,1H3. The summed E-state index contributed by atoms with van der Waals surface area (Å²) in [5.74, 6) is 0.858. The fraction of sp³-hybridized carbons (Fsp3) is 0.100. The van der Waals surface area contributed by atoms with E-state index in [1.54, 1.807) is 6.07 Å². The molecule has 128 valence electrons. The van der Waals surface area contributed by atoms with E-state index in [0.717, 1.165) is 28.0 Å². The maximum Gasteiger partial charge on any atom is 0.157 e. The van der Waals surface area contributed by atoms with Crippen LogP contribution in [0.15, 0.2) is 48.5 Å². The predicted octanol–water partition coefficient (Wildman–Crippen LogP) is 5.59. The SMILES string of the molecule is Cc1cc(NCc2ccc(Cl)cc2Cl)n2c(nc3ccccc32)c1C#N. The molecule has 0 aliphatic heterocycles. The van der Waals surface area contributed by atoms with Crippen molar-refractivity contribution in [3.05, 3.63) is 75.3 Å². The van der Waals surface area contributed by atoms with E-state index in [9.17, 15) is 5.26 Å². The maximum atomic E-state index is 9.55. The van der Waals surface area contributed by atoms with E-state index in [4.69, 9.17) is 23.2 Å². The van der Waals surface area contributed by atoms with Gasteiger partial charge in [-0.2, -0.15) is 5.26 Å². The fourth-order valence-electron chi connectivity index (χ4n) is 3.07. The Balaban J connectivity index is 1.85. The second-order valence-corrected chi connectivity index (χ2v) is 6.89. The molecule has 0 aliphatic rings.